The minimum absolute atomic E-state index is 0.0353. The molecule has 0 aromatic carbocycles. The largest absolute Gasteiger partial charge is 0.479 e. The highest BCUT2D eigenvalue weighted by Gasteiger charge is 2.34. The number of rotatable bonds is 5. The molecule has 3 N–H and O–H groups in total. The summed E-state index contributed by atoms with van der Waals surface area (Å²) in [6.45, 7) is 0.280. The third kappa shape index (κ3) is 4.84. The highest BCUT2D eigenvalue weighted by atomic mass is 32.2. The number of hydrogen-bond acceptors (Lipinski definition) is 6. The molecule has 1 saturated heterocycles. The molecule has 1 rings (SSSR count). The Kier molecular flexibility index (Phi) is 6.08. The molecule has 0 aromatic heterocycles. The standard InChI is InChI=1S/C10H18N2O6S2/c1-20(17,18)8-6-19-5-4-12(8)10(16)11-3-2-7(13)9(14)15/h7-8,13H,2-6H2,1H3,(H,11,16)(H,14,15)/t7-,8?/m0/s1. The predicted molar refractivity (Wildman–Crippen MR) is 74.3 cm³/mol. The topological polar surface area (TPSA) is 124 Å². The average Bonchev–Trinajstić information content (AvgIpc) is 2.37. The van der Waals surface area contributed by atoms with E-state index in [0.717, 1.165) is 6.26 Å². The van der Waals surface area contributed by atoms with Crippen molar-refractivity contribution in [3.05, 3.63) is 0 Å². The van der Waals surface area contributed by atoms with Crippen molar-refractivity contribution in [2.24, 2.45) is 0 Å². The van der Waals surface area contributed by atoms with E-state index in [1.165, 1.54) is 16.7 Å². The number of aliphatic carboxylic acids is 1. The highest BCUT2D eigenvalue weighted by molar-refractivity contribution is 8.00. The monoisotopic (exact) mass is 326 g/mol. The number of hydrogen-bond donors (Lipinski definition) is 3. The number of carbonyl (C=O) groups excluding carboxylic acids is 1. The van der Waals surface area contributed by atoms with Gasteiger partial charge in [0.25, 0.3) is 0 Å². The van der Waals surface area contributed by atoms with Gasteiger partial charge < -0.3 is 20.4 Å². The molecule has 1 aliphatic heterocycles. The third-order valence-electron chi connectivity index (χ3n) is 2.82. The smallest absolute Gasteiger partial charge is 0.332 e. The molecular formula is C10H18N2O6S2. The fourth-order valence-electron chi connectivity index (χ4n) is 1.71. The number of aliphatic hydroxyl groups excluding tert-OH is 1. The Hall–Kier alpha value is -1.00. The zero-order valence-electron chi connectivity index (χ0n) is 11.0. The Balaban J connectivity index is 2.54. The van der Waals surface area contributed by atoms with E-state index in [0.29, 0.717) is 18.1 Å². The van der Waals surface area contributed by atoms with Gasteiger partial charge in [0, 0.05) is 37.3 Å². The lowest BCUT2D eigenvalue weighted by atomic mass is 10.2. The molecule has 0 saturated carbocycles. The maximum atomic E-state index is 11.9. The highest BCUT2D eigenvalue weighted by Crippen LogP contribution is 2.20. The Bertz CT molecular complexity index is 466. The van der Waals surface area contributed by atoms with Gasteiger partial charge >= 0.3 is 12.0 Å². The Morgan fingerprint density at radius 2 is 2.15 bits per heavy atom. The van der Waals surface area contributed by atoms with Crippen LogP contribution in [0.1, 0.15) is 6.42 Å². The Morgan fingerprint density at radius 1 is 1.50 bits per heavy atom. The molecule has 2 amide bonds. The lowest BCUT2D eigenvalue weighted by molar-refractivity contribution is -0.146. The molecule has 1 heterocycles. The molecule has 1 unspecified atom stereocenters. The number of sulfone groups is 1. The van der Waals surface area contributed by atoms with Crippen LogP contribution in [0.15, 0.2) is 0 Å². The summed E-state index contributed by atoms with van der Waals surface area (Å²) in [4.78, 5) is 23.6. The summed E-state index contributed by atoms with van der Waals surface area (Å²) in [5, 5.41) is 19.1. The van der Waals surface area contributed by atoms with E-state index in [1.807, 2.05) is 0 Å². The predicted octanol–water partition coefficient (Wildman–Crippen LogP) is -1.05. The Morgan fingerprint density at radius 3 is 2.70 bits per heavy atom. The maximum absolute atomic E-state index is 11.9. The zero-order valence-corrected chi connectivity index (χ0v) is 12.6. The second kappa shape index (κ2) is 7.14. The average molecular weight is 326 g/mol. The lowest BCUT2D eigenvalue weighted by Crippen LogP contribution is -2.53. The van der Waals surface area contributed by atoms with Gasteiger partial charge in [-0.15, -0.1) is 0 Å². The van der Waals surface area contributed by atoms with E-state index < -0.39 is 33.3 Å². The van der Waals surface area contributed by atoms with Crippen LogP contribution in [0.3, 0.4) is 0 Å². The second-order valence-electron chi connectivity index (χ2n) is 4.43. The third-order valence-corrected chi connectivity index (χ3v) is 5.46. The molecule has 20 heavy (non-hydrogen) atoms. The molecular weight excluding hydrogens is 308 g/mol. The van der Waals surface area contributed by atoms with Crippen LogP contribution in [-0.2, 0) is 14.6 Å². The fourth-order valence-corrected chi connectivity index (χ4v) is 4.52. The Labute approximate surface area is 121 Å². The van der Waals surface area contributed by atoms with Gasteiger partial charge in [-0.1, -0.05) is 0 Å². The molecule has 1 aliphatic rings. The van der Waals surface area contributed by atoms with Gasteiger partial charge in [0.15, 0.2) is 15.9 Å². The molecule has 10 heteroatoms. The molecule has 2 atom stereocenters. The van der Waals surface area contributed by atoms with E-state index in [4.69, 9.17) is 10.2 Å². The van der Waals surface area contributed by atoms with Crippen molar-refractivity contribution in [3.8, 4) is 0 Å². The van der Waals surface area contributed by atoms with Gasteiger partial charge in [-0.25, -0.2) is 18.0 Å². The van der Waals surface area contributed by atoms with Crippen molar-refractivity contribution in [2.45, 2.75) is 17.9 Å². The molecule has 1 fully saturated rings. The van der Waals surface area contributed by atoms with Crippen molar-refractivity contribution in [1.82, 2.24) is 10.2 Å². The van der Waals surface area contributed by atoms with Gasteiger partial charge in [-0.3, -0.25) is 0 Å². The van der Waals surface area contributed by atoms with E-state index in [2.05, 4.69) is 5.32 Å². The van der Waals surface area contributed by atoms with Crippen LogP contribution in [0.25, 0.3) is 0 Å². The number of thioether (sulfide) groups is 1. The minimum atomic E-state index is -3.37. The summed E-state index contributed by atoms with van der Waals surface area (Å²) in [7, 11) is -3.37. The van der Waals surface area contributed by atoms with Gasteiger partial charge in [-0.05, 0) is 0 Å². The van der Waals surface area contributed by atoms with Gasteiger partial charge in [0.2, 0.25) is 0 Å². The van der Waals surface area contributed by atoms with E-state index in [9.17, 15) is 18.0 Å². The van der Waals surface area contributed by atoms with Crippen LogP contribution < -0.4 is 5.32 Å². The van der Waals surface area contributed by atoms with E-state index in [-0.39, 0.29) is 13.0 Å². The van der Waals surface area contributed by atoms with E-state index >= 15 is 0 Å². The first kappa shape index (κ1) is 17.1. The van der Waals surface area contributed by atoms with Crippen molar-refractivity contribution < 1.29 is 28.2 Å². The second-order valence-corrected chi connectivity index (χ2v) is 7.78. The zero-order chi connectivity index (χ0) is 15.3. The first-order chi connectivity index (χ1) is 9.23. The van der Waals surface area contributed by atoms with Crippen LogP contribution in [0.2, 0.25) is 0 Å². The molecule has 0 spiro atoms. The molecule has 8 nitrogen and oxygen atoms in total. The van der Waals surface area contributed by atoms with Crippen molar-refractivity contribution in [2.75, 3.05) is 30.9 Å². The molecule has 0 radical (unpaired) electrons. The summed E-state index contributed by atoms with van der Waals surface area (Å²) in [5.74, 6) is -0.385. The van der Waals surface area contributed by atoms with Crippen molar-refractivity contribution in [1.29, 1.82) is 0 Å². The first-order valence-electron chi connectivity index (χ1n) is 5.95. The maximum Gasteiger partial charge on any atom is 0.332 e. The van der Waals surface area contributed by atoms with Crippen molar-refractivity contribution >= 4 is 33.6 Å². The van der Waals surface area contributed by atoms with Crippen molar-refractivity contribution in [3.63, 3.8) is 0 Å². The molecule has 0 aliphatic carbocycles. The minimum Gasteiger partial charge on any atom is -0.479 e. The number of carbonyl (C=O) groups is 2. The van der Waals surface area contributed by atoms with Crippen LogP contribution in [0.5, 0.6) is 0 Å². The van der Waals surface area contributed by atoms with Crippen LogP contribution in [-0.4, -0.2) is 77.9 Å². The van der Waals surface area contributed by atoms with Gasteiger partial charge in [0.05, 0.1) is 0 Å². The lowest BCUT2D eigenvalue weighted by Gasteiger charge is -2.34. The summed E-state index contributed by atoms with van der Waals surface area (Å²) in [5.41, 5.74) is 0. The fraction of sp³-hybridized carbons (Fsp3) is 0.800. The van der Waals surface area contributed by atoms with Gasteiger partial charge in [0.1, 0.15) is 5.37 Å². The molecule has 116 valence electrons. The number of urea groups is 1. The number of nitrogens with one attached hydrogen (secondary N) is 1. The number of amides is 2. The summed E-state index contributed by atoms with van der Waals surface area (Å²) in [6.07, 6.45) is -0.594. The summed E-state index contributed by atoms with van der Waals surface area (Å²) in [6, 6.07) is -0.557. The first-order valence-corrected chi connectivity index (χ1v) is 9.06. The van der Waals surface area contributed by atoms with E-state index in [1.54, 1.807) is 0 Å². The number of nitrogens with zero attached hydrogens (tertiary/aromatic N) is 1. The van der Waals surface area contributed by atoms with Crippen LogP contribution >= 0.6 is 11.8 Å². The SMILES string of the molecule is CS(=O)(=O)C1CSCCN1C(=O)NCC[C@H](O)C(=O)O. The summed E-state index contributed by atoms with van der Waals surface area (Å²) < 4.78 is 23.2. The quantitative estimate of drug-likeness (QED) is 0.589. The van der Waals surface area contributed by atoms with Crippen LogP contribution in [0, 0.1) is 0 Å². The normalized spacial score (nSPS) is 21.3. The number of carboxylic acid groups (broad SMARTS) is 1. The number of carboxylic acids is 1. The molecule has 0 aromatic rings. The van der Waals surface area contributed by atoms with Crippen LogP contribution in [0.4, 0.5) is 4.79 Å². The summed E-state index contributed by atoms with van der Waals surface area (Å²) >= 11 is 1.47. The van der Waals surface area contributed by atoms with Gasteiger partial charge in [-0.2, -0.15) is 11.8 Å². The number of aliphatic hydroxyl groups is 1. The molecule has 0 bridgehead atoms.